The lowest BCUT2D eigenvalue weighted by atomic mass is 9.99. The minimum Gasteiger partial charge on any atom is -0.464 e. The first kappa shape index (κ1) is 31.5. The SMILES string of the molecule is CCOP(=O)(COc1nc(O[C@@H]2C[C@@H](N=[N+]=[N-])O[C@@H]2CO[Si](C)(C)C(C)(C)C(C)C)ncc1C)OCC. The normalized spacial score (nSPS) is 20.6. The molecule has 37 heavy (non-hydrogen) atoms. The van der Waals surface area contributed by atoms with Crippen molar-refractivity contribution < 1.29 is 32.2 Å². The highest BCUT2D eigenvalue weighted by atomic mass is 31.2. The van der Waals surface area contributed by atoms with Gasteiger partial charge >= 0.3 is 13.6 Å². The molecule has 0 aromatic carbocycles. The van der Waals surface area contributed by atoms with Gasteiger partial charge in [0.1, 0.15) is 18.4 Å². The van der Waals surface area contributed by atoms with E-state index < -0.39 is 34.3 Å². The fourth-order valence-electron chi connectivity index (χ4n) is 3.66. The van der Waals surface area contributed by atoms with Crippen LogP contribution in [-0.2, 0) is 22.8 Å². The number of hydrogen-bond donors (Lipinski definition) is 0. The predicted molar refractivity (Wildman–Crippen MR) is 142 cm³/mol. The summed E-state index contributed by atoms with van der Waals surface area (Å²) in [6, 6.07) is 0.0578. The van der Waals surface area contributed by atoms with Crippen LogP contribution in [0.25, 0.3) is 10.4 Å². The second-order valence-electron chi connectivity index (χ2n) is 10.3. The molecule has 0 aliphatic carbocycles. The van der Waals surface area contributed by atoms with Gasteiger partial charge in [0.15, 0.2) is 14.7 Å². The molecule has 2 heterocycles. The smallest absolute Gasteiger partial charge is 0.367 e. The van der Waals surface area contributed by atoms with Crippen molar-refractivity contribution in [2.45, 2.75) is 91.5 Å². The summed E-state index contributed by atoms with van der Waals surface area (Å²) in [5.74, 6) is 0.650. The second-order valence-corrected chi connectivity index (χ2v) is 16.9. The molecule has 2 rings (SSSR count). The highest BCUT2D eigenvalue weighted by molar-refractivity contribution is 7.53. The van der Waals surface area contributed by atoms with Gasteiger partial charge in [-0.3, -0.25) is 4.57 Å². The van der Waals surface area contributed by atoms with E-state index in [1.54, 1.807) is 27.0 Å². The van der Waals surface area contributed by atoms with Crippen LogP contribution in [0.2, 0.25) is 18.1 Å². The highest BCUT2D eigenvalue weighted by Crippen LogP contribution is 2.48. The molecule has 1 aliphatic heterocycles. The third-order valence-electron chi connectivity index (χ3n) is 7.14. The first-order valence-electron chi connectivity index (χ1n) is 12.6. The first-order valence-corrected chi connectivity index (χ1v) is 17.3. The van der Waals surface area contributed by atoms with Crippen LogP contribution in [-0.4, -0.2) is 62.9 Å². The third kappa shape index (κ3) is 8.38. The van der Waals surface area contributed by atoms with Crippen LogP contribution in [0.4, 0.5) is 0 Å². The molecule has 1 saturated heterocycles. The zero-order chi connectivity index (χ0) is 27.9. The molecule has 210 valence electrons. The molecule has 3 atom stereocenters. The van der Waals surface area contributed by atoms with Gasteiger partial charge in [-0.2, -0.15) is 4.98 Å². The van der Waals surface area contributed by atoms with E-state index in [0.717, 1.165) is 0 Å². The molecule has 0 spiro atoms. The van der Waals surface area contributed by atoms with Crippen molar-refractivity contribution in [2.24, 2.45) is 11.0 Å². The van der Waals surface area contributed by atoms with Crippen molar-refractivity contribution in [3.63, 3.8) is 0 Å². The predicted octanol–water partition coefficient (Wildman–Crippen LogP) is 6.22. The van der Waals surface area contributed by atoms with Gasteiger partial charge in [0.05, 0.1) is 19.8 Å². The number of nitrogens with zero attached hydrogens (tertiary/aromatic N) is 5. The van der Waals surface area contributed by atoms with Crippen molar-refractivity contribution in [1.29, 1.82) is 0 Å². The van der Waals surface area contributed by atoms with E-state index in [1.807, 2.05) is 0 Å². The van der Waals surface area contributed by atoms with Crippen LogP contribution in [0.1, 0.15) is 53.5 Å². The van der Waals surface area contributed by atoms with E-state index in [1.165, 1.54) is 0 Å². The number of hydrogen-bond acceptors (Lipinski definition) is 10. The average molecular weight is 560 g/mol. The minimum absolute atomic E-state index is 0.0287. The molecule has 0 radical (unpaired) electrons. The highest BCUT2D eigenvalue weighted by Gasteiger charge is 2.45. The molecule has 12 nitrogen and oxygen atoms in total. The number of aryl methyl sites for hydroxylation is 1. The van der Waals surface area contributed by atoms with Gasteiger partial charge in [0, 0.05) is 23.1 Å². The van der Waals surface area contributed by atoms with Gasteiger partial charge in [-0.15, -0.1) is 0 Å². The summed E-state index contributed by atoms with van der Waals surface area (Å²) in [7, 11) is -5.55. The van der Waals surface area contributed by atoms with Crippen LogP contribution in [0, 0.1) is 12.8 Å². The molecule has 1 fully saturated rings. The summed E-state index contributed by atoms with van der Waals surface area (Å²) >= 11 is 0. The number of ether oxygens (including phenoxy) is 3. The van der Waals surface area contributed by atoms with Crippen molar-refractivity contribution in [1.82, 2.24) is 9.97 Å². The molecule has 0 saturated carbocycles. The fraction of sp³-hybridized carbons (Fsp3) is 0.826. The molecule has 0 bridgehead atoms. The maximum absolute atomic E-state index is 12.8. The van der Waals surface area contributed by atoms with Crippen LogP contribution in [0.3, 0.4) is 0 Å². The monoisotopic (exact) mass is 559 g/mol. The van der Waals surface area contributed by atoms with Crippen LogP contribution < -0.4 is 9.47 Å². The number of rotatable bonds is 15. The van der Waals surface area contributed by atoms with Gasteiger partial charge in [0.25, 0.3) is 0 Å². The summed E-state index contributed by atoms with van der Waals surface area (Å²) in [4.78, 5) is 11.5. The summed E-state index contributed by atoms with van der Waals surface area (Å²) in [6.07, 6.45) is -0.0794. The Morgan fingerprint density at radius 1 is 1.30 bits per heavy atom. The molecule has 0 amide bonds. The number of azide groups is 1. The summed E-state index contributed by atoms with van der Waals surface area (Å²) in [5, 5.41) is 3.75. The lowest BCUT2D eigenvalue weighted by Crippen LogP contribution is -2.47. The Labute approximate surface area is 221 Å². The largest absolute Gasteiger partial charge is 0.464 e. The molecule has 14 heteroatoms. The molecule has 0 unspecified atom stereocenters. The Morgan fingerprint density at radius 2 is 1.95 bits per heavy atom. The molecular weight excluding hydrogens is 517 g/mol. The van der Waals surface area contributed by atoms with Gasteiger partial charge in [-0.1, -0.05) is 32.8 Å². The zero-order valence-corrected chi connectivity index (χ0v) is 25.4. The van der Waals surface area contributed by atoms with Crippen molar-refractivity contribution in [2.75, 3.05) is 26.2 Å². The van der Waals surface area contributed by atoms with E-state index >= 15 is 0 Å². The molecule has 1 aromatic rings. The summed E-state index contributed by atoms with van der Waals surface area (Å²) < 4.78 is 47.5. The molecule has 1 aliphatic rings. The van der Waals surface area contributed by atoms with E-state index in [-0.39, 0.29) is 36.5 Å². The molecular formula is C23H42N5O7PSi. The number of aromatic nitrogens is 2. The lowest BCUT2D eigenvalue weighted by Gasteiger charge is -2.43. The Morgan fingerprint density at radius 3 is 2.51 bits per heavy atom. The Kier molecular flexibility index (Phi) is 11.4. The van der Waals surface area contributed by atoms with Gasteiger partial charge in [-0.25, -0.2) is 4.98 Å². The van der Waals surface area contributed by atoms with Crippen molar-refractivity contribution in [3.05, 3.63) is 22.2 Å². The minimum atomic E-state index is -3.42. The van der Waals surface area contributed by atoms with Crippen molar-refractivity contribution in [3.8, 4) is 11.9 Å². The van der Waals surface area contributed by atoms with Gasteiger partial charge < -0.3 is 27.7 Å². The Balaban J connectivity index is 2.16. The van der Waals surface area contributed by atoms with Crippen LogP contribution in [0.5, 0.6) is 11.9 Å². The summed E-state index contributed by atoms with van der Waals surface area (Å²) in [5.41, 5.74) is 9.54. The molecule has 1 aromatic heterocycles. The Hall–Kier alpha value is -1.72. The third-order valence-corrected chi connectivity index (χ3v) is 13.5. The quantitative estimate of drug-likeness (QED) is 0.0803. The maximum atomic E-state index is 12.8. The second kappa shape index (κ2) is 13.4. The maximum Gasteiger partial charge on any atom is 0.367 e. The van der Waals surface area contributed by atoms with Gasteiger partial charge in [0.2, 0.25) is 5.88 Å². The van der Waals surface area contributed by atoms with Gasteiger partial charge in [-0.05, 0) is 50.4 Å². The topological polar surface area (TPSA) is 147 Å². The lowest BCUT2D eigenvalue weighted by molar-refractivity contribution is -0.0131. The zero-order valence-electron chi connectivity index (χ0n) is 23.5. The van der Waals surface area contributed by atoms with Crippen LogP contribution >= 0.6 is 7.60 Å². The average Bonchev–Trinajstić information content (AvgIpc) is 3.19. The first-order chi connectivity index (χ1) is 17.3. The van der Waals surface area contributed by atoms with E-state index in [4.69, 9.17) is 33.2 Å². The van der Waals surface area contributed by atoms with E-state index in [9.17, 15) is 4.57 Å². The standard InChI is InChI=1S/C23H42N5O7PSi/c1-10-31-36(29,32-11-2)15-30-21-17(5)13-25-22(26-21)35-18-12-20(27-28-24)34-19(18)14-33-37(8,9)23(6,7)16(3)4/h13,16,18-20H,10-12,14-15H2,1-9H3/t18-,19-,20+/m1/s1. The Bertz CT molecular complexity index is 980. The van der Waals surface area contributed by atoms with Crippen molar-refractivity contribution >= 4 is 15.9 Å². The molecule has 0 N–H and O–H groups in total. The summed E-state index contributed by atoms with van der Waals surface area (Å²) in [6.45, 7) is 19.2. The van der Waals surface area contributed by atoms with Crippen LogP contribution in [0.15, 0.2) is 11.3 Å². The van der Waals surface area contributed by atoms with E-state index in [0.29, 0.717) is 24.5 Å². The fourth-order valence-corrected chi connectivity index (χ4v) is 7.30. The van der Waals surface area contributed by atoms with E-state index in [2.05, 4.69) is 60.8 Å².